The van der Waals surface area contributed by atoms with Crippen LogP contribution in [0.15, 0.2) is 35.9 Å². The number of unbranched alkanes of at least 4 members (excludes halogenated alkanes) is 3. The summed E-state index contributed by atoms with van der Waals surface area (Å²) in [5.74, 6) is -1.59. The number of nitrogens with zero attached hydrogens (tertiary/aromatic N) is 2. The topological polar surface area (TPSA) is 71.4 Å². The summed E-state index contributed by atoms with van der Waals surface area (Å²) in [4.78, 5) is 38.4. The minimum Gasteiger partial charge on any atom is -0.318 e. The molecule has 6 nitrogen and oxygen atoms in total. The van der Waals surface area contributed by atoms with Gasteiger partial charge in [0.1, 0.15) is 11.4 Å². The van der Waals surface area contributed by atoms with Crippen LogP contribution in [0.4, 0.5) is 9.18 Å². The van der Waals surface area contributed by atoms with Crippen molar-refractivity contribution in [2.45, 2.75) is 46.5 Å². The van der Waals surface area contributed by atoms with E-state index in [2.05, 4.69) is 12.2 Å². The average molecular weight is 411 g/mol. The number of rotatable bonds is 7. The molecule has 4 amide bonds. The van der Waals surface area contributed by atoms with E-state index in [4.69, 9.17) is 0 Å². The second kappa shape index (κ2) is 9.07. The molecule has 1 aromatic carbocycles. The zero-order valence-corrected chi connectivity index (χ0v) is 17.5. The number of hydrogen-bond acceptors (Lipinski definition) is 3. The van der Waals surface area contributed by atoms with E-state index < -0.39 is 17.8 Å². The summed E-state index contributed by atoms with van der Waals surface area (Å²) in [6.45, 7) is 6.12. The standard InChI is InChI=1S/C23H26FN3O3/c1-4-5-6-7-12-26-22(29)20(21(28)25-23(26)30)14-17-13-15(2)27(16(17)3)19-10-8-18(24)9-11-19/h8-11,13-14H,4-7,12H2,1-3H3,(H,25,28,30)/b20-14+. The Morgan fingerprint density at radius 2 is 1.73 bits per heavy atom. The van der Waals surface area contributed by atoms with Crippen LogP contribution in [0.25, 0.3) is 11.8 Å². The molecule has 0 aliphatic carbocycles. The highest BCUT2D eigenvalue weighted by atomic mass is 19.1. The van der Waals surface area contributed by atoms with E-state index in [1.807, 2.05) is 24.5 Å². The Morgan fingerprint density at radius 3 is 2.40 bits per heavy atom. The van der Waals surface area contributed by atoms with Crippen LogP contribution in [0.3, 0.4) is 0 Å². The molecule has 2 aromatic rings. The summed E-state index contributed by atoms with van der Waals surface area (Å²) < 4.78 is 15.2. The minimum absolute atomic E-state index is 0.0653. The molecule has 1 aromatic heterocycles. The Hall–Kier alpha value is -3.22. The molecule has 2 heterocycles. The molecular weight excluding hydrogens is 385 g/mol. The molecule has 1 fully saturated rings. The number of halogens is 1. The molecule has 0 bridgehead atoms. The first kappa shape index (κ1) is 21.5. The lowest BCUT2D eigenvalue weighted by Gasteiger charge is -2.26. The first-order valence-corrected chi connectivity index (χ1v) is 10.2. The lowest BCUT2D eigenvalue weighted by atomic mass is 10.1. The fraction of sp³-hybridized carbons (Fsp3) is 0.348. The third-order valence-electron chi connectivity index (χ3n) is 5.28. The van der Waals surface area contributed by atoms with Gasteiger partial charge in [-0.15, -0.1) is 0 Å². The Labute approximate surface area is 175 Å². The Kier molecular flexibility index (Phi) is 6.50. The van der Waals surface area contributed by atoms with Crippen molar-refractivity contribution in [3.63, 3.8) is 0 Å². The summed E-state index contributed by atoms with van der Waals surface area (Å²) in [6.07, 6.45) is 5.21. The van der Waals surface area contributed by atoms with Crippen molar-refractivity contribution >= 4 is 23.9 Å². The molecule has 1 aliphatic rings. The lowest BCUT2D eigenvalue weighted by molar-refractivity contribution is -0.130. The van der Waals surface area contributed by atoms with Crippen molar-refractivity contribution in [2.24, 2.45) is 0 Å². The Bertz CT molecular complexity index is 1010. The molecule has 0 atom stereocenters. The monoisotopic (exact) mass is 411 g/mol. The van der Waals surface area contributed by atoms with Gasteiger partial charge in [-0.25, -0.2) is 9.18 Å². The third-order valence-corrected chi connectivity index (χ3v) is 5.28. The average Bonchev–Trinajstić information content (AvgIpc) is 2.98. The highest BCUT2D eigenvalue weighted by molar-refractivity contribution is 6.31. The first-order chi connectivity index (χ1) is 14.3. The van der Waals surface area contributed by atoms with Gasteiger partial charge in [-0.1, -0.05) is 26.2 Å². The zero-order valence-electron chi connectivity index (χ0n) is 17.5. The fourth-order valence-corrected chi connectivity index (χ4v) is 3.67. The van der Waals surface area contributed by atoms with Crippen molar-refractivity contribution in [1.82, 2.24) is 14.8 Å². The molecule has 1 saturated heterocycles. The van der Waals surface area contributed by atoms with Crippen LogP contribution < -0.4 is 5.32 Å². The third kappa shape index (κ3) is 4.35. The Balaban J connectivity index is 1.90. The summed E-state index contributed by atoms with van der Waals surface area (Å²) in [7, 11) is 0. The normalized spacial score (nSPS) is 15.8. The number of urea groups is 1. The van der Waals surface area contributed by atoms with Gasteiger partial charge in [-0.05, 0) is 62.2 Å². The van der Waals surface area contributed by atoms with Crippen LogP contribution in [0, 0.1) is 19.7 Å². The zero-order chi connectivity index (χ0) is 21.8. The fourth-order valence-electron chi connectivity index (χ4n) is 3.67. The largest absolute Gasteiger partial charge is 0.331 e. The van der Waals surface area contributed by atoms with Crippen molar-refractivity contribution in [3.05, 3.63) is 58.7 Å². The van der Waals surface area contributed by atoms with Gasteiger partial charge in [0.2, 0.25) is 0 Å². The van der Waals surface area contributed by atoms with E-state index in [-0.39, 0.29) is 17.9 Å². The van der Waals surface area contributed by atoms with Gasteiger partial charge >= 0.3 is 6.03 Å². The van der Waals surface area contributed by atoms with Gasteiger partial charge < -0.3 is 4.57 Å². The number of benzene rings is 1. The van der Waals surface area contributed by atoms with Crippen LogP contribution in [-0.4, -0.2) is 33.9 Å². The van der Waals surface area contributed by atoms with Crippen molar-refractivity contribution in [2.75, 3.05) is 6.54 Å². The maximum Gasteiger partial charge on any atom is 0.331 e. The highest BCUT2D eigenvalue weighted by Crippen LogP contribution is 2.24. The SMILES string of the molecule is CCCCCCN1C(=O)NC(=O)/C(=C\c2cc(C)n(-c3ccc(F)cc3)c2C)C1=O. The van der Waals surface area contributed by atoms with Gasteiger partial charge in [0.25, 0.3) is 11.8 Å². The lowest BCUT2D eigenvalue weighted by Crippen LogP contribution is -2.54. The van der Waals surface area contributed by atoms with Gasteiger partial charge in [0, 0.05) is 23.6 Å². The summed E-state index contributed by atoms with van der Waals surface area (Å²) >= 11 is 0. The number of imide groups is 2. The van der Waals surface area contributed by atoms with Crippen LogP contribution in [0.1, 0.15) is 49.6 Å². The number of aromatic nitrogens is 1. The van der Waals surface area contributed by atoms with Gasteiger partial charge in [0.15, 0.2) is 0 Å². The van der Waals surface area contributed by atoms with Crippen LogP contribution in [0.5, 0.6) is 0 Å². The van der Waals surface area contributed by atoms with E-state index in [1.54, 1.807) is 12.1 Å². The van der Waals surface area contributed by atoms with E-state index in [9.17, 15) is 18.8 Å². The van der Waals surface area contributed by atoms with Crippen LogP contribution >= 0.6 is 0 Å². The predicted octanol–water partition coefficient (Wildman–Crippen LogP) is 4.28. The molecule has 0 saturated carbocycles. The molecule has 7 heteroatoms. The smallest absolute Gasteiger partial charge is 0.318 e. The molecule has 30 heavy (non-hydrogen) atoms. The number of aryl methyl sites for hydroxylation is 1. The molecular formula is C23H26FN3O3. The van der Waals surface area contributed by atoms with Gasteiger partial charge in [0.05, 0.1) is 0 Å². The van der Waals surface area contributed by atoms with E-state index >= 15 is 0 Å². The van der Waals surface area contributed by atoms with Gasteiger partial charge in [-0.3, -0.25) is 19.8 Å². The minimum atomic E-state index is -0.693. The summed E-state index contributed by atoms with van der Waals surface area (Å²) in [5, 5.41) is 2.26. The van der Waals surface area contributed by atoms with Crippen molar-refractivity contribution < 1.29 is 18.8 Å². The molecule has 158 valence electrons. The molecule has 0 spiro atoms. The van der Waals surface area contributed by atoms with Crippen molar-refractivity contribution in [1.29, 1.82) is 0 Å². The van der Waals surface area contributed by atoms with Crippen molar-refractivity contribution in [3.8, 4) is 5.69 Å². The van der Waals surface area contributed by atoms with E-state index in [0.717, 1.165) is 41.2 Å². The number of hydrogen-bond donors (Lipinski definition) is 1. The van der Waals surface area contributed by atoms with Crippen LogP contribution in [-0.2, 0) is 9.59 Å². The molecule has 1 N–H and O–H groups in total. The number of barbiturate groups is 1. The number of nitrogens with one attached hydrogen (secondary N) is 1. The summed E-state index contributed by atoms with van der Waals surface area (Å²) in [6, 6.07) is 7.28. The summed E-state index contributed by atoms with van der Waals surface area (Å²) in [5.41, 5.74) is 3.09. The number of carbonyl (C=O) groups excluding carboxylic acids is 3. The quantitative estimate of drug-likeness (QED) is 0.420. The number of amides is 4. The number of carbonyl (C=O) groups is 3. The van der Waals surface area contributed by atoms with Gasteiger partial charge in [-0.2, -0.15) is 0 Å². The molecule has 0 radical (unpaired) electrons. The maximum absolute atomic E-state index is 13.3. The predicted molar refractivity (Wildman–Crippen MR) is 113 cm³/mol. The second-order valence-corrected chi connectivity index (χ2v) is 7.47. The van der Waals surface area contributed by atoms with E-state index in [0.29, 0.717) is 12.0 Å². The maximum atomic E-state index is 13.3. The molecule has 0 unspecified atom stereocenters. The van der Waals surface area contributed by atoms with Crippen LogP contribution in [0.2, 0.25) is 0 Å². The highest BCUT2D eigenvalue weighted by Gasteiger charge is 2.35. The Morgan fingerprint density at radius 1 is 1.03 bits per heavy atom. The van der Waals surface area contributed by atoms with E-state index in [1.165, 1.54) is 18.2 Å². The molecule has 1 aliphatic heterocycles. The second-order valence-electron chi connectivity index (χ2n) is 7.47. The first-order valence-electron chi connectivity index (χ1n) is 10.2. The molecule has 3 rings (SSSR count).